The van der Waals surface area contributed by atoms with Crippen molar-refractivity contribution in [3.8, 4) is 5.75 Å². The highest BCUT2D eigenvalue weighted by Crippen LogP contribution is 2.60. The predicted octanol–water partition coefficient (Wildman–Crippen LogP) is 3.63. The third kappa shape index (κ3) is 3.39. The smallest absolute Gasteiger partial charge is 0.164 e. The summed E-state index contributed by atoms with van der Waals surface area (Å²) in [6.45, 7) is 0.760. The molecule has 4 fully saturated rings. The minimum absolute atomic E-state index is 0.131. The van der Waals surface area contributed by atoms with E-state index >= 15 is 0 Å². The summed E-state index contributed by atoms with van der Waals surface area (Å²) in [5.74, 6) is 3.76. The van der Waals surface area contributed by atoms with Crippen LogP contribution in [0.3, 0.4) is 0 Å². The van der Waals surface area contributed by atoms with Crippen LogP contribution in [0.2, 0.25) is 0 Å². The lowest BCUT2D eigenvalue weighted by molar-refractivity contribution is -0.0746. The van der Waals surface area contributed by atoms with Crippen LogP contribution in [-0.4, -0.2) is 35.9 Å². The second-order valence-corrected chi connectivity index (χ2v) is 12.1. The molecule has 0 amide bonds. The summed E-state index contributed by atoms with van der Waals surface area (Å²) in [5, 5.41) is 8.16. The van der Waals surface area contributed by atoms with Crippen molar-refractivity contribution in [2.45, 2.75) is 44.3 Å². The van der Waals surface area contributed by atoms with Crippen LogP contribution in [-0.2, 0) is 15.6 Å². The molecule has 4 aliphatic carbocycles. The van der Waals surface area contributed by atoms with Gasteiger partial charge in [-0.1, -0.05) is 0 Å². The summed E-state index contributed by atoms with van der Waals surface area (Å²) >= 11 is 3.58. The van der Waals surface area contributed by atoms with E-state index in [0.29, 0.717) is 16.9 Å². The molecule has 0 aliphatic heterocycles. The van der Waals surface area contributed by atoms with E-state index in [2.05, 4.69) is 26.1 Å². The first kappa shape index (κ1) is 17.9. The molecule has 4 bridgehead atoms. The fraction of sp³-hybridized carbons (Fsp3) is 0.684. The van der Waals surface area contributed by atoms with Crippen molar-refractivity contribution in [2.75, 3.05) is 12.9 Å². The maximum absolute atomic E-state index is 11.6. The van der Waals surface area contributed by atoms with Crippen molar-refractivity contribution in [3.63, 3.8) is 0 Å². The molecule has 0 aromatic carbocycles. The summed E-state index contributed by atoms with van der Waals surface area (Å²) in [4.78, 5) is 0. The van der Waals surface area contributed by atoms with E-state index in [9.17, 15) is 8.42 Å². The first-order valence-electron chi connectivity index (χ1n) is 9.62. The summed E-state index contributed by atoms with van der Waals surface area (Å²) in [6.07, 6.45) is 11.2. The van der Waals surface area contributed by atoms with Crippen LogP contribution in [0, 0.1) is 23.2 Å². The van der Waals surface area contributed by atoms with E-state index in [1.807, 2.05) is 12.3 Å². The molecule has 4 aliphatic rings. The molecule has 0 spiro atoms. The van der Waals surface area contributed by atoms with Gasteiger partial charge in [0.25, 0.3) is 0 Å². The van der Waals surface area contributed by atoms with Crippen LogP contribution in [0.5, 0.6) is 5.75 Å². The molecule has 0 saturated heterocycles. The van der Waals surface area contributed by atoms with E-state index < -0.39 is 9.84 Å². The topological polar surface area (TPSA) is 73.6 Å². The second-order valence-electron chi connectivity index (χ2n) is 9.11. The summed E-state index contributed by atoms with van der Waals surface area (Å²) in [6, 6.07) is 1.85. The molecule has 4 saturated carbocycles. The van der Waals surface area contributed by atoms with Crippen molar-refractivity contribution < 1.29 is 13.2 Å². The number of halogens is 1. The van der Waals surface area contributed by atoms with Crippen LogP contribution in [0.25, 0.3) is 5.65 Å². The Balaban J connectivity index is 1.37. The third-order valence-corrected chi connectivity index (χ3v) is 8.00. The third-order valence-electron chi connectivity index (χ3n) is 6.62. The second kappa shape index (κ2) is 6.17. The molecule has 8 heteroatoms. The van der Waals surface area contributed by atoms with Crippen LogP contribution >= 0.6 is 15.9 Å². The number of sulfone groups is 1. The van der Waals surface area contributed by atoms with Gasteiger partial charge in [-0.3, -0.25) is 4.40 Å². The molecule has 2 aromatic rings. The van der Waals surface area contributed by atoms with Gasteiger partial charge in [-0.15, -0.1) is 10.2 Å². The average molecular weight is 454 g/mol. The van der Waals surface area contributed by atoms with Crippen LogP contribution < -0.4 is 4.74 Å². The lowest BCUT2D eigenvalue weighted by Gasteiger charge is -2.56. The highest BCUT2D eigenvalue weighted by Gasteiger charge is 2.51. The summed E-state index contributed by atoms with van der Waals surface area (Å²) in [5.41, 5.74) is 0.951. The number of nitrogens with zero attached hydrogens (tertiary/aromatic N) is 3. The van der Waals surface area contributed by atoms with Crippen LogP contribution in [0.1, 0.15) is 44.3 Å². The van der Waals surface area contributed by atoms with E-state index in [1.165, 1.54) is 44.8 Å². The van der Waals surface area contributed by atoms with Gasteiger partial charge in [0.05, 0.1) is 11.1 Å². The number of fused-ring (bicyclic) bond motifs is 1. The van der Waals surface area contributed by atoms with E-state index in [0.717, 1.165) is 34.6 Å². The van der Waals surface area contributed by atoms with Gasteiger partial charge in [0.15, 0.2) is 21.3 Å². The first-order valence-corrected chi connectivity index (χ1v) is 12.5. The Bertz CT molecular complexity index is 966. The fourth-order valence-electron chi connectivity index (χ4n) is 6.08. The number of rotatable bonds is 5. The Morgan fingerprint density at radius 1 is 1.19 bits per heavy atom. The average Bonchev–Trinajstić information content (AvgIpc) is 2.91. The standard InChI is InChI=1S/C19H24BrN3O3S/c1-27(24,25)10-18-22-21-17-5-16(15(20)9-23(17)18)26-11-19-6-12-2-13(7-19)4-14(3-12)8-19/h5,9,12-14H,2-4,6-8,10-11H2,1H3. The Morgan fingerprint density at radius 3 is 2.41 bits per heavy atom. The van der Waals surface area contributed by atoms with Gasteiger partial charge < -0.3 is 4.74 Å². The molecule has 0 atom stereocenters. The van der Waals surface area contributed by atoms with Gasteiger partial charge in [-0.2, -0.15) is 0 Å². The Labute approximate surface area is 167 Å². The molecular weight excluding hydrogens is 430 g/mol. The zero-order chi connectivity index (χ0) is 18.8. The maximum Gasteiger partial charge on any atom is 0.164 e. The largest absolute Gasteiger partial charge is 0.492 e. The van der Waals surface area contributed by atoms with Gasteiger partial charge in [-0.25, -0.2) is 8.42 Å². The number of hydrogen-bond acceptors (Lipinski definition) is 5. The molecule has 0 radical (unpaired) electrons. The maximum atomic E-state index is 11.6. The Kier molecular flexibility index (Phi) is 4.10. The quantitative estimate of drug-likeness (QED) is 0.690. The lowest BCUT2D eigenvalue weighted by atomic mass is 9.50. The summed E-state index contributed by atoms with van der Waals surface area (Å²) in [7, 11) is -3.17. The van der Waals surface area contributed by atoms with Gasteiger partial charge in [0, 0.05) is 23.9 Å². The fourth-order valence-corrected chi connectivity index (χ4v) is 7.18. The molecule has 2 aromatic heterocycles. The lowest BCUT2D eigenvalue weighted by Crippen LogP contribution is -2.48. The van der Waals surface area contributed by atoms with Crippen molar-refractivity contribution in [1.29, 1.82) is 0 Å². The SMILES string of the molecule is CS(=O)(=O)Cc1nnc2cc(OCC34CC5CC(CC(C5)C3)C4)c(Br)cn12. The van der Waals surface area contributed by atoms with Crippen molar-refractivity contribution in [2.24, 2.45) is 23.2 Å². The minimum Gasteiger partial charge on any atom is -0.492 e. The molecular formula is C19H24BrN3O3S. The molecule has 0 unspecified atom stereocenters. The van der Waals surface area contributed by atoms with E-state index in [1.54, 1.807) is 4.40 Å². The van der Waals surface area contributed by atoms with E-state index in [-0.39, 0.29) is 5.75 Å². The zero-order valence-corrected chi connectivity index (χ0v) is 17.8. The Hall–Kier alpha value is -1.15. The van der Waals surface area contributed by atoms with Crippen LogP contribution in [0.15, 0.2) is 16.7 Å². The zero-order valence-electron chi connectivity index (χ0n) is 15.4. The normalized spacial score (nSPS) is 32.3. The van der Waals surface area contributed by atoms with Gasteiger partial charge in [-0.05, 0) is 72.2 Å². The highest BCUT2D eigenvalue weighted by atomic mass is 79.9. The van der Waals surface area contributed by atoms with Gasteiger partial charge >= 0.3 is 0 Å². The molecule has 2 heterocycles. The number of aromatic nitrogens is 3. The van der Waals surface area contributed by atoms with E-state index in [4.69, 9.17) is 4.74 Å². The van der Waals surface area contributed by atoms with Crippen LogP contribution in [0.4, 0.5) is 0 Å². The number of hydrogen-bond donors (Lipinski definition) is 0. The van der Waals surface area contributed by atoms with Crippen molar-refractivity contribution >= 4 is 31.4 Å². The molecule has 6 rings (SSSR count). The van der Waals surface area contributed by atoms with Crippen molar-refractivity contribution in [1.82, 2.24) is 14.6 Å². The minimum atomic E-state index is -3.17. The highest BCUT2D eigenvalue weighted by molar-refractivity contribution is 9.10. The number of pyridine rings is 1. The van der Waals surface area contributed by atoms with Gasteiger partial charge in [0.1, 0.15) is 11.5 Å². The summed E-state index contributed by atoms with van der Waals surface area (Å²) < 4.78 is 32.0. The number of ether oxygens (including phenoxy) is 1. The first-order chi connectivity index (χ1) is 12.8. The van der Waals surface area contributed by atoms with Crippen molar-refractivity contribution in [3.05, 3.63) is 22.6 Å². The predicted molar refractivity (Wildman–Crippen MR) is 105 cm³/mol. The van der Waals surface area contributed by atoms with Gasteiger partial charge in [0.2, 0.25) is 0 Å². The Morgan fingerprint density at radius 2 is 1.81 bits per heavy atom. The molecule has 6 nitrogen and oxygen atoms in total. The molecule has 27 heavy (non-hydrogen) atoms. The molecule has 0 N–H and O–H groups in total. The monoisotopic (exact) mass is 453 g/mol. The molecule has 146 valence electrons.